The first-order valence-corrected chi connectivity index (χ1v) is 9.69. The number of carbonyl (C=O) groups excluding carboxylic acids is 1. The highest BCUT2D eigenvalue weighted by Crippen LogP contribution is 2.29. The molecule has 0 aliphatic heterocycles. The molecule has 160 valence electrons. The van der Waals surface area contributed by atoms with E-state index >= 15 is 0 Å². The summed E-state index contributed by atoms with van der Waals surface area (Å²) < 4.78 is 16.2. The Kier molecular flexibility index (Phi) is 8.96. The fourth-order valence-corrected chi connectivity index (χ4v) is 2.58. The summed E-state index contributed by atoms with van der Waals surface area (Å²) in [7, 11) is 0. The predicted molar refractivity (Wildman–Crippen MR) is 113 cm³/mol. The van der Waals surface area contributed by atoms with E-state index in [-0.39, 0.29) is 10.8 Å². The molecule has 0 saturated heterocycles. The number of nitrogens with zero attached hydrogens (tertiary/aromatic N) is 1. The van der Waals surface area contributed by atoms with Crippen LogP contribution in [0.2, 0.25) is 5.02 Å². The number of halogens is 1. The Morgan fingerprint density at radius 2 is 1.83 bits per heavy atom. The summed E-state index contributed by atoms with van der Waals surface area (Å²) in [6, 6.07) is 9.62. The third kappa shape index (κ3) is 6.97. The number of hydrogen-bond donors (Lipinski definition) is 2. The molecule has 0 radical (unpaired) electrons. The summed E-state index contributed by atoms with van der Waals surface area (Å²) in [6.07, 6.45) is 2.27. The van der Waals surface area contributed by atoms with Crippen molar-refractivity contribution in [2.75, 3.05) is 19.8 Å². The average Bonchev–Trinajstić information content (AvgIpc) is 2.72. The minimum absolute atomic E-state index is 0.232. The van der Waals surface area contributed by atoms with Crippen LogP contribution in [0.4, 0.5) is 0 Å². The van der Waals surface area contributed by atoms with Crippen molar-refractivity contribution in [3.63, 3.8) is 0 Å². The van der Waals surface area contributed by atoms with Crippen LogP contribution in [-0.2, 0) is 4.79 Å². The maximum absolute atomic E-state index is 12.4. The summed E-state index contributed by atoms with van der Waals surface area (Å²) in [5.41, 5.74) is 3.40. The van der Waals surface area contributed by atoms with Crippen LogP contribution in [0.15, 0.2) is 41.5 Å². The van der Waals surface area contributed by atoms with Gasteiger partial charge in [0, 0.05) is 5.56 Å². The molecule has 0 heterocycles. The van der Waals surface area contributed by atoms with Gasteiger partial charge in [-0.1, -0.05) is 18.5 Å². The molecule has 0 atom stereocenters. The number of carboxylic acid groups (broad SMARTS) is 1. The number of carbonyl (C=O) groups is 2. The van der Waals surface area contributed by atoms with E-state index in [1.807, 2.05) is 13.8 Å². The van der Waals surface area contributed by atoms with E-state index in [4.69, 9.17) is 30.9 Å². The normalized spacial score (nSPS) is 10.6. The number of benzene rings is 2. The van der Waals surface area contributed by atoms with Crippen molar-refractivity contribution < 1.29 is 28.9 Å². The van der Waals surface area contributed by atoms with E-state index in [1.165, 1.54) is 12.3 Å². The molecule has 0 aliphatic rings. The van der Waals surface area contributed by atoms with Gasteiger partial charge in [-0.05, 0) is 55.3 Å². The Balaban J connectivity index is 2.02. The Morgan fingerprint density at radius 1 is 1.07 bits per heavy atom. The molecule has 9 heteroatoms. The van der Waals surface area contributed by atoms with Crippen LogP contribution in [0.5, 0.6) is 17.2 Å². The highest BCUT2D eigenvalue weighted by atomic mass is 35.5. The Morgan fingerprint density at radius 3 is 2.50 bits per heavy atom. The van der Waals surface area contributed by atoms with Gasteiger partial charge >= 0.3 is 5.97 Å². The lowest BCUT2D eigenvalue weighted by molar-refractivity contribution is -0.139. The second-order valence-corrected chi connectivity index (χ2v) is 6.42. The fraction of sp³-hybridized carbons (Fsp3) is 0.286. The molecule has 0 spiro atoms. The molecular formula is C21H23ClN2O6. The number of hydrogen-bond acceptors (Lipinski definition) is 6. The number of amides is 1. The van der Waals surface area contributed by atoms with Crippen LogP contribution >= 0.6 is 11.6 Å². The van der Waals surface area contributed by atoms with Crippen molar-refractivity contribution >= 4 is 29.7 Å². The van der Waals surface area contributed by atoms with E-state index in [2.05, 4.69) is 10.5 Å². The summed E-state index contributed by atoms with van der Waals surface area (Å²) >= 11 is 6.06. The van der Waals surface area contributed by atoms with Crippen molar-refractivity contribution in [3.8, 4) is 17.2 Å². The second kappa shape index (κ2) is 11.7. The average molecular weight is 435 g/mol. The number of rotatable bonds is 11. The zero-order valence-corrected chi connectivity index (χ0v) is 17.4. The molecule has 2 aromatic carbocycles. The highest BCUT2D eigenvalue weighted by Gasteiger charge is 2.11. The van der Waals surface area contributed by atoms with Crippen LogP contribution in [0.1, 0.15) is 36.2 Å². The number of ether oxygens (including phenoxy) is 3. The Bertz CT molecular complexity index is 916. The van der Waals surface area contributed by atoms with Gasteiger partial charge in [0.1, 0.15) is 5.75 Å². The lowest BCUT2D eigenvalue weighted by atomic mass is 10.2. The van der Waals surface area contributed by atoms with Gasteiger partial charge in [0.15, 0.2) is 18.1 Å². The van der Waals surface area contributed by atoms with Gasteiger partial charge < -0.3 is 19.3 Å². The largest absolute Gasteiger partial charge is 0.490 e. The van der Waals surface area contributed by atoms with Crippen LogP contribution in [0, 0.1) is 0 Å². The van der Waals surface area contributed by atoms with Gasteiger partial charge in [0.25, 0.3) is 5.91 Å². The molecule has 2 rings (SSSR count). The first-order valence-electron chi connectivity index (χ1n) is 9.31. The van der Waals surface area contributed by atoms with Crippen molar-refractivity contribution in [2.24, 2.45) is 5.10 Å². The van der Waals surface area contributed by atoms with Crippen molar-refractivity contribution in [1.29, 1.82) is 0 Å². The predicted octanol–water partition coefficient (Wildman–Crippen LogP) is 3.75. The molecule has 30 heavy (non-hydrogen) atoms. The third-order valence-corrected chi connectivity index (χ3v) is 3.95. The van der Waals surface area contributed by atoms with Crippen molar-refractivity contribution in [1.82, 2.24) is 5.43 Å². The fourth-order valence-electron chi connectivity index (χ4n) is 2.33. The van der Waals surface area contributed by atoms with Gasteiger partial charge in [-0.25, -0.2) is 10.2 Å². The van der Waals surface area contributed by atoms with Crippen LogP contribution in [0.25, 0.3) is 0 Å². The zero-order chi connectivity index (χ0) is 21.9. The summed E-state index contributed by atoms with van der Waals surface area (Å²) in [5, 5.41) is 12.8. The molecule has 0 fully saturated rings. The summed E-state index contributed by atoms with van der Waals surface area (Å²) in [5.74, 6) is -0.197. The lowest BCUT2D eigenvalue weighted by Crippen LogP contribution is -2.17. The third-order valence-electron chi connectivity index (χ3n) is 3.65. The maximum atomic E-state index is 12.4. The molecule has 0 saturated carbocycles. The van der Waals surface area contributed by atoms with Gasteiger partial charge in [-0.2, -0.15) is 5.10 Å². The Hall–Kier alpha value is -3.26. The molecular weight excluding hydrogens is 412 g/mol. The monoisotopic (exact) mass is 434 g/mol. The number of carboxylic acids is 1. The molecule has 0 bridgehead atoms. The van der Waals surface area contributed by atoms with Gasteiger partial charge in [-0.15, -0.1) is 0 Å². The van der Waals surface area contributed by atoms with E-state index in [0.29, 0.717) is 35.8 Å². The minimum Gasteiger partial charge on any atom is -0.490 e. The topological polar surface area (TPSA) is 106 Å². The smallest absolute Gasteiger partial charge is 0.341 e. The van der Waals surface area contributed by atoms with Gasteiger partial charge in [-0.3, -0.25) is 4.79 Å². The molecule has 8 nitrogen and oxygen atoms in total. The van der Waals surface area contributed by atoms with Gasteiger partial charge in [0.05, 0.1) is 24.5 Å². The van der Waals surface area contributed by atoms with Crippen LogP contribution in [-0.4, -0.2) is 43.0 Å². The SMILES string of the molecule is CCCOc1ccc(C(=O)N/N=C/c2ccc(OCC(=O)O)c(Cl)c2)cc1OCC. The highest BCUT2D eigenvalue weighted by molar-refractivity contribution is 6.32. The van der Waals surface area contributed by atoms with Crippen LogP contribution in [0.3, 0.4) is 0 Å². The molecule has 0 aliphatic carbocycles. The summed E-state index contributed by atoms with van der Waals surface area (Å²) in [6.45, 7) is 4.36. The summed E-state index contributed by atoms with van der Waals surface area (Å²) in [4.78, 5) is 22.9. The molecule has 2 N–H and O–H groups in total. The minimum atomic E-state index is -1.10. The standard InChI is InChI=1S/C21H23ClN2O6/c1-3-9-29-18-8-6-15(11-19(18)28-4-2)21(27)24-23-12-14-5-7-17(16(22)10-14)30-13-20(25)26/h5-8,10-12H,3-4,9,13H2,1-2H3,(H,24,27)(H,25,26)/b23-12+. The Labute approximate surface area is 179 Å². The zero-order valence-electron chi connectivity index (χ0n) is 16.7. The quantitative estimate of drug-likeness (QED) is 0.412. The molecule has 0 aromatic heterocycles. The molecule has 2 aromatic rings. The maximum Gasteiger partial charge on any atom is 0.341 e. The number of hydrazone groups is 1. The van der Waals surface area contributed by atoms with E-state index in [9.17, 15) is 9.59 Å². The van der Waals surface area contributed by atoms with Crippen LogP contribution < -0.4 is 19.6 Å². The first-order chi connectivity index (χ1) is 14.4. The molecule has 1 amide bonds. The van der Waals surface area contributed by atoms with E-state index < -0.39 is 18.5 Å². The van der Waals surface area contributed by atoms with Gasteiger partial charge in [0.2, 0.25) is 0 Å². The number of nitrogens with one attached hydrogen (secondary N) is 1. The molecule has 0 unspecified atom stereocenters. The number of aliphatic carboxylic acids is 1. The first kappa shape index (κ1) is 23.0. The van der Waals surface area contributed by atoms with E-state index in [1.54, 1.807) is 30.3 Å². The lowest BCUT2D eigenvalue weighted by Gasteiger charge is -2.12. The van der Waals surface area contributed by atoms with Crippen molar-refractivity contribution in [3.05, 3.63) is 52.5 Å². The van der Waals surface area contributed by atoms with Crippen molar-refractivity contribution in [2.45, 2.75) is 20.3 Å². The van der Waals surface area contributed by atoms with E-state index in [0.717, 1.165) is 6.42 Å². The second-order valence-electron chi connectivity index (χ2n) is 6.01.